The Kier molecular flexibility index (Phi) is 5.30. The molecule has 3 aliphatic heterocycles. The highest BCUT2D eigenvalue weighted by Gasteiger charge is 2.72. The van der Waals surface area contributed by atoms with Gasteiger partial charge >= 0.3 is 11.9 Å². The third-order valence-electron chi connectivity index (χ3n) is 5.56. The molecule has 31 heavy (non-hydrogen) atoms. The summed E-state index contributed by atoms with van der Waals surface area (Å²) in [6, 6.07) is 6.67. The van der Waals surface area contributed by atoms with Crippen LogP contribution in [-0.4, -0.2) is 48.4 Å². The molecule has 9 nitrogen and oxygen atoms in total. The van der Waals surface area contributed by atoms with Gasteiger partial charge in [0, 0.05) is 13.8 Å². The number of hydrogen-bond acceptors (Lipinski definition) is 8. The fraction of sp³-hybridized carbons (Fsp3) is 0.455. The Bertz CT molecular complexity index is 939. The van der Waals surface area contributed by atoms with E-state index in [0.717, 1.165) is 25.2 Å². The molecule has 4 rings (SSSR count). The number of nitrogens with zero attached hydrogens (tertiary/aromatic N) is 1. The Morgan fingerprint density at radius 3 is 2.32 bits per heavy atom. The van der Waals surface area contributed by atoms with Crippen LogP contribution in [0.25, 0.3) is 0 Å². The van der Waals surface area contributed by atoms with Crippen molar-refractivity contribution in [3.8, 4) is 5.75 Å². The summed E-state index contributed by atoms with van der Waals surface area (Å²) in [4.78, 5) is 51.0. The molecule has 1 aromatic carbocycles. The first-order valence-corrected chi connectivity index (χ1v) is 10.1. The molecule has 4 atom stereocenters. The minimum absolute atomic E-state index is 0.402. The summed E-state index contributed by atoms with van der Waals surface area (Å²) in [5, 5.41) is 0. The number of ether oxygens (including phenoxy) is 4. The lowest BCUT2D eigenvalue weighted by Gasteiger charge is -2.34. The zero-order chi connectivity index (χ0) is 22.3. The molecule has 0 saturated carbocycles. The molecule has 0 N–H and O–H groups in total. The van der Waals surface area contributed by atoms with Gasteiger partial charge in [-0.3, -0.25) is 19.2 Å². The maximum absolute atomic E-state index is 13.4. The topological polar surface area (TPSA) is 108 Å². The lowest BCUT2D eigenvalue weighted by atomic mass is 9.76. The molecular formula is C22H23NO8. The molecule has 3 heterocycles. The first-order valence-electron chi connectivity index (χ1n) is 10.1. The van der Waals surface area contributed by atoms with Crippen molar-refractivity contribution in [1.82, 2.24) is 0 Å². The molecule has 2 saturated heterocycles. The number of carbonyl (C=O) groups excluding carboxylic acids is 4. The average molecular weight is 429 g/mol. The summed E-state index contributed by atoms with van der Waals surface area (Å²) in [5.74, 6) is -3.50. The monoisotopic (exact) mass is 429 g/mol. The number of imide groups is 1. The molecule has 0 aliphatic carbocycles. The average Bonchev–Trinajstić information content (AvgIpc) is 3.37. The lowest BCUT2D eigenvalue weighted by molar-refractivity contribution is -0.226. The van der Waals surface area contributed by atoms with Crippen LogP contribution in [0.1, 0.15) is 27.2 Å². The number of anilines is 1. The van der Waals surface area contributed by atoms with Crippen LogP contribution < -0.4 is 9.64 Å². The van der Waals surface area contributed by atoms with Gasteiger partial charge in [-0.15, -0.1) is 0 Å². The predicted octanol–water partition coefficient (Wildman–Crippen LogP) is 1.74. The molecule has 1 aromatic rings. The van der Waals surface area contributed by atoms with Gasteiger partial charge in [-0.2, -0.15) is 0 Å². The zero-order valence-electron chi connectivity index (χ0n) is 17.4. The highest BCUT2D eigenvalue weighted by Crippen LogP contribution is 2.54. The van der Waals surface area contributed by atoms with E-state index in [1.54, 1.807) is 36.4 Å². The van der Waals surface area contributed by atoms with E-state index in [9.17, 15) is 19.2 Å². The summed E-state index contributed by atoms with van der Waals surface area (Å²) >= 11 is 0. The van der Waals surface area contributed by atoms with Gasteiger partial charge in [0.25, 0.3) is 6.29 Å². The van der Waals surface area contributed by atoms with Gasteiger partial charge in [-0.05, 0) is 36.8 Å². The largest absolute Gasteiger partial charge is 0.494 e. The standard InChI is InChI=1S/C22H23NO8/c1-4-11-28-15-7-5-14(6-8-15)23-19(26)17-16-9-10-22(31-16,18(17)20(23)27)21(29-12(2)24)30-13(3)25/h5-10,16-18,21H,4,11H2,1-3H3/t16-,17-,18-,22-/m1/s1. The van der Waals surface area contributed by atoms with Crippen LogP contribution in [0.15, 0.2) is 36.4 Å². The number of esters is 2. The van der Waals surface area contributed by atoms with E-state index in [4.69, 9.17) is 18.9 Å². The molecule has 2 bridgehead atoms. The Balaban J connectivity index is 1.65. The zero-order valence-corrected chi connectivity index (χ0v) is 17.4. The molecule has 2 amide bonds. The minimum atomic E-state index is -1.56. The van der Waals surface area contributed by atoms with Gasteiger partial charge in [0.1, 0.15) is 5.75 Å². The molecule has 3 aliphatic rings. The number of amides is 2. The van der Waals surface area contributed by atoms with E-state index in [2.05, 4.69) is 0 Å². The van der Waals surface area contributed by atoms with Crippen molar-refractivity contribution in [2.75, 3.05) is 11.5 Å². The van der Waals surface area contributed by atoms with E-state index in [1.165, 1.54) is 0 Å². The van der Waals surface area contributed by atoms with E-state index < -0.39 is 53.6 Å². The molecule has 2 fully saturated rings. The number of rotatable bonds is 7. The summed E-state index contributed by atoms with van der Waals surface area (Å²) in [6.07, 6.45) is 1.87. The van der Waals surface area contributed by atoms with E-state index in [0.29, 0.717) is 18.0 Å². The van der Waals surface area contributed by atoms with Crippen molar-refractivity contribution in [1.29, 1.82) is 0 Å². The minimum Gasteiger partial charge on any atom is -0.494 e. The number of fused-ring (bicyclic) bond motifs is 5. The molecule has 0 spiro atoms. The van der Waals surface area contributed by atoms with Crippen molar-refractivity contribution >= 4 is 29.4 Å². The Labute approximate surface area is 178 Å². The SMILES string of the molecule is CCCOc1ccc(N2C(=O)[C@@H]3[C@H]4C=C[C@@](C(OC(C)=O)OC(C)=O)(O4)[C@H]3C2=O)cc1. The van der Waals surface area contributed by atoms with Gasteiger partial charge in [0.15, 0.2) is 5.60 Å². The Morgan fingerprint density at radius 2 is 1.74 bits per heavy atom. The highest BCUT2D eigenvalue weighted by atomic mass is 16.7. The van der Waals surface area contributed by atoms with Crippen LogP contribution in [0.2, 0.25) is 0 Å². The Hall–Kier alpha value is -3.20. The van der Waals surface area contributed by atoms with Crippen LogP contribution in [-0.2, 0) is 33.4 Å². The van der Waals surface area contributed by atoms with Gasteiger partial charge < -0.3 is 18.9 Å². The second kappa shape index (κ2) is 7.81. The van der Waals surface area contributed by atoms with Gasteiger partial charge in [-0.1, -0.05) is 13.0 Å². The molecule has 0 radical (unpaired) electrons. The normalized spacial score (nSPS) is 28.3. The van der Waals surface area contributed by atoms with Crippen molar-refractivity contribution in [2.45, 2.75) is 45.2 Å². The fourth-order valence-electron chi connectivity index (χ4n) is 4.38. The van der Waals surface area contributed by atoms with Crippen LogP contribution >= 0.6 is 0 Å². The highest BCUT2D eigenvalue weighted by molar-refractivity contribution is 6.23. The maximum Gasteiger partial charge on any atom is 0.305 e. The van der Waals surface area contributed by atoms with Crippen LogP contribution in [0.3, 0.4) is 0 Å². The van der Waals surface area contributed by atoms with Crippen LogP contribution in [0, 0.1) is 11.8 Å². The van der Waals surface area contributed by atoms with Crippen molar-refractivity contribution in [3.05, 3.63) is 36.4 Å². The smallest absolute Gasteiger partial charge is 0.305 e. The molecule has 0 aromatic heterocycles. The van der Waals surface area contributed by atoms with E-state index >= 15 is 0 Å². The molecule has 9 heteroatoms. The third kappa shape index (κ3) is 3.38. The number of benzene rings is 1. The number of hydrogen-bond donors (Lipinski definition) is 0. The predicted molar refractivity (Wildman–Crippen MR) is 106 cm³/mol. The second-order valence-electron chi connectivity index (χ2n) is 7.70. The Morgan fingerprint density at radius 1 is 1.10 bits per heavy atom. The van der Waals surface area contributed by atoms with Crippen molar-refractivity contribution < 1.29 is 38.1 Å². The maximum atomic E-state index is 13.4. The fourth-order valence-corrected chi connectivity index (χ4v) is 4.38. The van der Waals surface area contributed by atoms with E-state index in [-0.39, 0.29) is 0 Å². The summed E-state index contributed by atoms with van der Waals surface area (Å²) < 4.78 is 21.9. The third-order valence-corrected chi connectivity index (χ3v) is 5.56. The first-order chi connectivity index (χ1) is 14.8. The van der Waals surface area contributed by atoms with Crippen LogP contribution in [0.5, 0.6) is 5.75 Å². The molecule has 164 valence electrons. The van der Waals surface area contributed by atoms with Crippen LogP contribution in [0.4, 0.5) is 5.69 Å². The van der Waals surface area contributed by atoms with Gasteiger partial charge in [0.2, 0.25) is 11.8 Å². The summed E-state index contributed by atoms with van der Waals surface area (Å²) in [6.45, 7) is 4.87. The summed E-state index contributed by atoms with van der Waals surface area (Å²) in [7, 11) is 0. The lowest BCUT2D eigenvalue weighted by Crippen LogP contribution is -2.52. The van der Waals surface area contributed by atoms with Gasteiger partial charge in [-0.25, -0.2) is 4.90 Å². The quantitative estimate of drug-likeness (QED) is 0.279. The summed E-state index contributed by atoms with van der Waals surface area (Å²) in [5.41, 5.74) is -1.16. The van der Waals surface area contributed by atoms with Crippen molar-refractivity contribution in [2.24, 2.45) is 11.8 Å². The first kappa shape index (κ1) is 21.0. The molecule has 0 unspecified atom stereocenters. The second-order valence-corrected chi connectivity index (χ2v) is 7.70. The van der Waals surface area contributed by atoms with E-state index in [1.807, 2.05) is 6.92 Å². The van der Waals surface area contributed by atoms with Crippen molar-refractivity contribution in [3.63, 3.8) is 0 Å². The van der Waals surface area contributed by atoms with Gasteiger partial charge in [0.05, 0.1) is 30.2 Å². The molecular weight excluding hydrogens is 406 g/mol. The number of carbonyl (C=O) groups is 4.